The van der Waals surface area contributed by atoms with E-state index in [0.29, 0.717) is 4.48 Å². The Morgan fingerprint density at radius 1 is 1.40 bits per heavy atom. The Bertz CT molecular complexity index is 97.6. The minimum absolute atomic E-state index is 0.0694. The van der Waals surface area contributed by atoms with Crippen LogP contribution in [0, 0.1) is 5.21 Å². The predicted octanol–water partition coefficient (Wildman–Crippen LogP) is -2.83. The highest BCUT2D eigenvalue weighted by Crippen LogP contribution is 1.84. The van der Waals surface area contributed by atoms with Crippen LogP contribution in [-0.4, -0.2) is 38.1 Å². The highest BCUT2D eigenvalue weighted by Gasteiger charge is 2.04. The van der Waals surface area contributed by atoms with E-state index < -0.39 is 5.97 Å². The SMILES string of the molecule is C[N+](C)(C)CC(=O)[O-].[NH3+][O-]. The number of aliphatic carboxylic acids is 1. The molecule has 0 amide bonds. The summed E-state index contributed by atoms with van der Waals surface area (Å²) < 4.78 is 0.419. The maximum atomic E-state index is 9.89. The quantitative estimate of drug-likeness (QED) is 0.340. The molecular weight excluding hydrogens is 136 g/mol. The van der Waals surface area contributed by atoms with Gasteiger partial charge in [-0.2, -0.15) is 0 Å². The molecule has 0 aliphatic carbocycles. The van der Waals surface area contributed by atoms with Crippen molar-refractivity contribution in [1.82, 2.24) is 0 Å². The van der Waals surface area contributed by atoms with Crippen LogP contribution in [0.25, 0.3) is 0 Å². The summed E-state index contributed by atoms with van der Waals surface area (Å²) in [6.45, 7) is 0.0694. The second kappa shape index (κ2) is 5.16. The van der Waals surface area contributed by atoms with Crippen molar-refractivity contribution < 1.29 is 20.3 Å². The maximum absolute atomic E-state index is 9.89. The normalized spacial score (nSPS) is 9.70. The monoisotopic (exact) mass is 150 g/mol. The van der Waals surface area contributed by atoms with Crippen molar-refractivity contribution in [3.05, 3.63) is 5.21 Å². The van der Waals surface area contributed by atoms with Crippen LogP contribution >= 0.6 is 0 Å². The van der Waals surface area contributed by atoms with Crippen LogP contribution in [0.15, 0.2) is 0 Å². The molecule has 0 rings (SSSR count). The molecule has 0 saturated heterocycles. The Kier molecular flexibility index (Phi) is 6.23. The molecule has 0 unspecified atom stereocenters. The highest BCUT2D eigenvalue weighted by molar-refractivity contribution is 5.65. The van der Waals surface area contributed by atoms with Gasteiger partial charge in [-0.15, -0.1) is 0 Å². The second-order valence-corrected chi connectivity index (χ2v) is 2.82. The van der Waals surface area contributed by atoms with Gasteiger partial charge in [-0.05, 0) is 0 Å². The first-order valence-electron chi connectivity index (χ1n) is 2.71. The fourth-order valence-electron chi connectivity index (χ4n) is 0.387. The number of quaternary nitrogens is 2. The standard InChI is InChI=1S/C5H11NO2.H3NO/c1-6(2,3)4-5(7)8;1-2/h4H2,1-3H3;1H3. The molecule has 0 heterocycles. The number of hydrogen-bond donors (Lipinski definition) is 1. The number of carbonyl (C=O) groups is 1. The van der Waals surface area contributed by atoms with Gasteiger partial charge in [-0.25, -0.2) is 0 Å². The van der Waals surface area contributed by atoms with Crippen molar-refractivity contribution >= 4 is 5.97 Å². The number of carboxylic acids is 1. The van der Waals surface area contributed by atoms with Gasteiger partial charge in [0.25, 0.3) is 0 Å². The van der Waals surface area contributed by atoms with E-state index in [1.807, 2.05) is 5.90 Å². The van der Waals surface area contributed by atoms with Gasteiger partial charge < -0.3 is 25.5 Å². The van der Waals surface area contributed by atoms with E-state index in [1.165, 1.54) is 0 Å². The average Bonchev–Trinajstić information content (AvgIpc) is 1.64. The van der Waals surface area contributed by atoms with Gasteiger partial charge in [0, 0.05) is 0 Å². The number of rotatable bonds is 2. The minimum Gasteiger partial charge on any atom is -0.637 e. The maximum Gasteiger partial charge on any atom is 0.118 e. The molecule has 0 bridgehead atoms. The fraction of sp³-hybridized carbons (Fsp3) is 0.800. The van der Waals surface area contributed by atoms with Crippen LogP contribution in [0.3, 0.4) is 0 Å². The van der Waals surface area contributed by atoms with Gasteiger partial charge in [-0.3, -0.25) is 0 Å². The van der Waals surface area contributed by atoms with Crippen molar-refractivity contribution in [3.63, 3.8) is 0 Å². The molecule has 5 heteroatoms. The molecule has 62 valence electrons. The Morgan fingerprint density at radius 2 is 1.70 bits per heavy atom. The third kappa shape index (κ3) is 15.7. The van der Waals surface area contributed by atoms with Gasteiger partial charge >= 0.3 is 0 Å². The van der Waals surface area contributed by atoms with Gasteiger partial charge in [0.05, 0.1) is 27.1 Å². The van der Waals surface area contributed by atoms with Crippen LogP contribution in [0.2, 0.25) is 0 Å². The number of likely N-dealkylation sites (N-methyl/N-ethyl adjacent to an activating group) is 1. The first-order valence-corrected chi connectivity index (χ1v) is 2.71. The summed E-state index contributed by atoms with van der Waals surface area (Å²) >= 11 is 0. The highest BCUT2D eigenvalue weighted by atomic mass is 16.4. The second-order valence-electron chi connectivity index (χ2n) is 2.82. The molecule has 0 aromatic carbocycles. The van der Waals surface area contributed by atoms with Crippen LogP contribution in [0.4, 0.5) is 0 Å². The summed E-state index contributed by atoms with van der Waals surface area (Å²) in [4.78, 5) is 9.89. The smallest absolute Gasteiger partial charge is 0.118 e. The lowest BCUT2D eigenvalue weighted by atomic mass is 10.5. The van der Waals surface area contributed by atoms with Crippen molar-refractivity contribution in [2.45, 2.75) is 0 Å². The van der Waals surface area contributed by atoms with E-state index >= 15 is 0 Å². The van der Waals surface area contributed by atoms with Crippen LogP contribution in [-0.2, 0) is 4.79 Å². The largest absolute Gasteiger partial charge is 0.637 e. The topological polar surface area (TPSA) is 90.8 Å². The number of nitrogens with zero attached hydrogens (tertiary/aromatic N) is 1. The Morgan fingerprint density at radius 3 is 1.70 bits per heavy atom. The van der Waals surface area contributed by atoms with E-state index in [1.54, 1.807) is 21.1 Å². The van der Waals surface area contributed by atoms with Crippen LogP contribution in [0.5, 0.6) is 0 Å². The number of carbonyl (C=O) groups excluding carboxylic acids is 1. The molecule has 0 saturated carbocycles. The molecule has 0 aliphatic rings. The molecule has 0 radical (unpaired) electrons. The lowest BCUT2D eigenvalue weighted by Crippen LogP contribution is -2.45. The fourth-order valence-corrected chi connectivity index (χ4v) is 0.387. The Labute approximate surface area is 60.2 Å². The number of hydrogen-bond acceptors (Lipinski definition) is 3. The molecule has 0 aromatic rings. The van der Waals surface area contributed by atoms with E-state index in [4.69, 9.17) is 5.21 Å². The Hall–Kier alpha value is -0.650. The van der Waals surface area contributed by atoms with Gasteiger partial charge in [0.15, 0.2) is 0 Å². The third-order valence-electron chi connectivity index (χ3n) is 0.603. The number of carboxylic acid groups (broad SMARTS) is 1. The molecule has 0 aliphatic heterocycles. The zero-order chi connectivity index (χ0) is 8.78. The summed E-state index contributed by atoms with van der Waals surface area (Å²) in [5, 5.41) is 17.9. The van der Waals surface area contributed by atoms with E-state index in [0.717, 1.165) is 0 Å². The van der Waals surface area contributed by atoms with Crippen molar-refractivity contribution in [2.75, 3.05) is 27.7 Å². The molecule has 0 spiro atoms. The molecule has 0 fully saturated rings. The summed E-state index contributed by atoms with van der Waals surface area (Å²) in [6.07, 6.45) is 0. The molecule has 0 aromatic heterocycles. The van der Waals surface area contributed by atoms with E-state index in [9.17, 15) is 9.90 Å². The lowest BCUT2D eigenvalue weighted by Gasteiger charge is -2.23. The minimum atomic E-state index is -1.00. The summed E-state index contributed by atoms with van der Waals surface area (Å²) in [5.41, 5.74) is 0. The summed E-state index contributed by atoms with van der Waals surface area (Å²) in [6, 6.07) is 0. The first-order chi connectivity index (χ1) is 4.42. The zero-order valence-corrected chi connectivity index (χ0v) is 6.59. The average molecular weight is 150 g/mol. The van der Waals surface area contributed by atoms with Crippen LogP contribution < -0.4 is 11.0 Å². The molecule has 10 heavy (non-hydrogen) atoms. The van der Waals surface area contributed by atoms with Crippen molar-refractivity contribution in [1.29, 1.82) is 0 Å². The molecule has 5 nitrogen and oxygen atoms in total. The van der Waals surface area contributed by atoms with E-state index in [2.05, 4.69) is 0 Å². The Balaban J connectivity index is 0. The van der Waals surface area contributed by atoms with E-state index in [-0.39, 0.29) is 6.54 Å². The zero-order valence-electron chi connectivity index (χ0n) is 6.59. The summed E-state index contributed by atoms with van der Waals surface area (Å²) in [5.74, 6) is 0.998. The van der Waals surface area contributed by atoms with Crippen LogP contribution in [0.1, 0.15) is 0 Å². The van der Waals surface area contributed by atoms with Gasteiger partial charge in [0.1, 0.15) is 6.54 Å². The lowest BCUT2D eigenvalue weighted by molar-refractivity contribution is -0.864. The van der Waals surface area contributed by atoms with Crippen molar-refractivity contribution in [3.8, 4) is 0 Å². The third-order valence-corrected chi connectivity index (χ3v) is 0.603. The predicted molar refractivity (Wildman–Crippen MR) is 34.2 cm³/mol. The molecule has 0 atom stereocenters. The van der Waals surface area contributed by atoms with Gasteiger partial charge in [-0.1, -0.05) is 0 Å². The summed E-state index contributed by atoms with van der Waals surface area (Å²) in [7, 11) is 5.40. The molecular formula is C5H14N2O3. The van der Waals surface area contributed by atoms with Crippen molar-refractivity contribution in [2.24, 2.45) is 0 Å². The first kappa shape index (κ1) is 12.1. The molecule has 3 N–H and O–H groups in total. The van der Waals surface area contributed by atoms with Gasteiger partial charge in [0.2, 0.25) is 0 Å².